The first-order valence-electron chi connectivity index (χ1n) is 6.23. The number of hydrogen-bond donors (Lipinski definition) is 1. The van der Waals surface area contributed by atoms with Crippen LogP contribution >= 0.6 is 0 Å². The zero-order valence-electron chi connectivity index (χ0n) is 10.6. The molecule has 0 radical (unpaired) electrons. The zero-order chi connectivity index (χ0) is 12.7. The number of methoxy groups -OCH3 is 1. The van der Waals surface area contributed by atoms with Crippen LogP contribution < -0.4 is 0 Å². The van der Waals surface area contributed by atoms with E-state index in [1.54, 1.807) is 6.08 Å². The maximum Gasteiger partial charge on any atom is 0.330 e. The minimum atomic E-state index is -0.669. The maximum absolute atomic E-state index is 10.8. The van der Waals surface area contributed by atoms with E-state index < -0.39 is 5.60 Å². The topological polar surface area (TPSA) is 46.5 Å². The van der Waals surface area contributed by atoms with Crippen molar-refractivity contribution in [2.24, 2.45) is 0 Å². The monoisotopic (exact) mass is 238 g/mol. The van der Waals surface area contributed by atoms with E-state index in [1.807, 2.05) is 0 Å². The molecule has 0 bridgehead atoms. The van der Waals surface area contributed by atoms with Crippen LogP contribution in [0, 0.1) is 0 Å². The highest BCUT2D eigenvalue weighted by molar-refractivity contribution is 5.81. The van der Waals surface area contributed by atoms with Gasteiger partial charge in [-0.3, -0.25) is 0 Å². The number of carbonyl (C=O) groups is 1. The van der Waals surface area contributed by atoms with Gasteiger partial charge in [0.25, 0.3) is 0 Å². The van der Waals surface area contributed by atoms with Crippen LogP contribution in [0.3, 0.4) is 0 Å². The molecule has 1 saturated carbocycles. The lowest BCUT2D eigenvalue weighted by Gasteiger charge is -2.34. The molecule has 0 aromatic carbocycles. The molecule has 1 N–H and O–H groups in total. The molecule has 0 aromatic rings. The van der Waals surface area contributed by atoms with Crippen LogP contribution in [0.25, 0.3) is 0 Å². The summed E-state index contributed by atoms with van der Waals surface area (Å²) in [6, 6.07) is 0. The van der Waals surface area contributed by atoms with Crippen LogP contribution in [0.1, 0.15) is 44.9 Å². The van der Waals surface area contributed by atoms with Crippen molar-refractivity contribution in [1.82, 2.24) is 0 Å². The fourth-order valence-corrected chi connectivity index (χ4v) is 2.23. The van der Waals surface area contributed by atoms with E-state index in [4.69, 9.17) is 0 Å². The number of ether oxygens (including phenoxy) is 1. The Balaban J connectivity index is 2.33. The zero-order valence-corrected chi connectivity index (χ0v) is 10.6. The molecule has 0 amide bonds. The molecule has 1 fully saturated rings. The van der Waals surface area contributed by atoms with Crippen molar-refractivity contribution in [3.05, 3.63) is 24.3 Å². The van der Waals surface area contributed by atoms with Gasteiger partial charge in [-0.2, -0.15) is 0 Å². The van der Waals surface area contributed by atoms with E-state index in [0.29, 0.717) is 0 Å². The molecule has 0 aliphatic heterocycles. The van der Waals surface area contributed by atoms with Crippen molar-refractivity contribution >= 4 is 5.97 Å². The summed E-state index contributed by atoms with van der Waals surface area (Å²) >= 11 is 0. The Hall–Kier alpha value is -1.09. The molecular formula is C14H22O3. The van der Waals surface area contributed by atoms with Gasteiger partial charge in [0.1, 0.15) is 0 Å². The average Bonchev–Trinajstić information content (AvgIpc) is 2.34. The lowest BCUT2D eigenvalue weighted by Crippen LogP contribution is -2.33. The second kappa shape index (κ2) is 6.60. The van der Waals surface area contributed by atoms with Crippen molar-refractivity contribution in [3.63, 3.8) is 0 Å². The molecule has 17 heavy (non-hydrogen) atoms. The summed E-state index contributed by atoms with van der Waals surface area (Å²) in [6.45, 7) is 3.99. The van der Waals surface area contributed by atoms with Crippen LogP contribution in [0.15, 0.2) is 24.3 Å². The lowest BCUT2D eigenvalue weighted by molar-refractivity contribution is -0.134. The average molecular weight is 238 g/mol. The largest absolute Gasteiger partial charge is 0.466 e. The molecule has 0 atom stereocenters. The predicted molar refractivity (Wildman–Crippen MR) is 67.6 cm³/mol. The Morgan fingerprint density at radius 1 is 1.41 bits per heavy atom. The summed E-state index contributed by atoms with van der Waals surface area (Å²) in [7, 11) is 1.36. The molecule has 0 spiro atoms. The first-order chi connectivity index (χ1) is 8.08. The number of esters is 1. The third-order valence-corrected chi connectivity index (χ3v) is 3.41. The summed E-state index contributed by atoms with van der Waals surface area (Å²) < 4.78 is 4.50. The summed E-state index contributed by atoms with van der Waals surface area (Å²) in [5, 5.41) is 10.4. The highest BCUT2D eigenvalue weighted by atomic mass is 16.5. The number of rotatable bonds is 5. The fraction of sp³-hybridized carbons (Fsp3) is 0.643. The van der Waals surface area contributed by atoms with Crippen LogP contribution in [-0.4, -0.2) is 23.8 Å². The number of hydrogen-bond acceptors (Lipinski definition) is 3. The molecule has 0 saturated heterocycles. The fourth-order valence-electron chi connectivity index (χ4n) is 2.23. The van der Waals surface area contributed by atoms with Crippen LogP contribution in [0.4, 0.5) is 0 Å². The Bertz CT molecular complexity index is 299. The molecule has 1 aliphatic rings. The van der Waals surface area contributed by atoms with E-state index in [9.17, 15) is 9.90 Å². The molecule has 0 unspecified atom stereocenters. The first-order valence-corrected chi connectivity index (χ1v) is 6.23. The molecule has 1 aliphatic carbocycles. The van der Waals surface area contributed by atoms with Gasteiger partial charge >= 0.3 is 5.97 Å². The normalized spacial score (nSPS) is 19.2. The van der Waals surface area contributed by atoms with Gasteiger partial charge < -0.3 is 9.84 Å². The van der Waals surface area contributed by atoms with Gasteiger partial charge in [0.2, 0.25) is 0 Å². The molecule has 96 valence electrons. The van der Waals surface area contributed by atoms with Gasteiger partial charge in [0, 0.05) is 6.08 Å². The van der Waals surface area contributed by atoms with Gasteiger partial charge in [-0.15, -0.1) is 0 Å². The number of aliphatic hydroxyl groups is 1. The van der Waals surface area contributed by atoms with Crippen molar-refractivity contribution in [1.29, 1.82) is 0 Å². The molecule has 0 heterocycles. The second-order valence-electron chi connectivity index (χ2n) is 4.66. The standard InChI is InChI=1S/C14H22O3/c1-12(8-4-5-9-13(15)17-2)14(16)10-6-3-7-11-14/h5,9,16H,1,3-4,6-8,10-11H2,2H3/b9-5+. The van der Waals surface area contributed by atoms with Gasteiger partial charge in [0.15, 0.2) is 0 Å². The minimum Gasteiger partial charge on any atom is -0.466 e. The van der Waals surface area contributed by atoms with E-state index in [2.05, 4.69) is 11.3 Å². The number of carbonyl (C=O) groups excluding carboxylic acids is 1. The van der Waals surface area contributed by atoms with Crippen molar-refractivity contribution in [2.45, 2.75) is 50.5 Å². The SMILES string of the molecule is C=C(CC/C=C/C(=O)OC)C1(O)CCCCC1. The lowest BCUT2D eigenvalue weighted by atomic mass is 9.78. The van der Waals surface area contributed by atoms with Crippen molar-refractivity contribution in [3.8, 4) is 0 Å². The van der Waals surface area contributed by atoms with Crippen LogP contribution in [0.5, 0.6) is 0 Å². The van der Waals surface area contributed by atoms with Gasteiger partial charge in [-0.1, -0.05) is 31.9 Å². The predicted octanol–water partition coefficient (Wildman–Crippen LogP) is 2.75. The van der Waals surface area contributed by atoms with Crippen LogP contribution in [-0.2, 0) is 9.53 Å². The van der Waals surface area contributed by atoms with E-state index in [1.165, 1.54) is 19.6 Å². The Kier molecular flexibility index (Phi) is 5.42. The molecular weight excluding hydrogens is 216 g/mol. The van der Waals surface area contributed by atoms with Crippen molar-refractivity contribution < 1.29 is 14.6 Å². The summed E-state index contributed by atoms with van der Waals surface area (Å²) in [4.78, 5) is 10.8. The Morgan fingerprint density at radius 2 is 2.06 bits per heavy atom. The van der Waals surface area contributed by atoms with E-state index in [0.717, 1.165) is 44.1 Å². The van der Waals surface area contributed by atoms with Crippen molar-refractivity contribution in [2.75, 3.05) is 7.11 Å². The van der Waals surface area contributed by atoms with Crippen LogP contribution in [0.2, 0.25) is 0 Å². The van der Waals surface area contributed by atoms with Gasteiger partial charge in [0.05, 0.1) is 12.7 Å². The molecule has 3 nitrogen and oxygen atoms in total. The quantitative estimate of drug-likeness (QED) is 0.455. The smallest absolute Gasteiger partial charge is 0.330 e. The molecule has 3 heteroatoms. The Labute approximate surface area is 103 Å². The highest BCUT2D eigenvalue weighted by Crippen LogP contribution is 2.35. The first kappa shape index (κ1) is 14.0. The minimum absolute atomic E-state index is 0.341. The molecule has 1 rings (SSSR count). The second-order valence-corrected chi connectivity index (χ2v) is 4.66. The summed E-state index contributed by atoms with van der Waals surface area (Å²) in [5.41, 5.74) is 0.226. The summed E-state index contributed by atoms with van der Waals surface area (Å²) in [6.07, 6.45) is 9.64. The van der Waals surface area contributed by atoms with E-state index in [-0.39, 0.29) is 5.97 Å². The number of allylic oxidation sites excluding steroid dienone is 1. The highest BCUT2D eigenvalue weighted by Gasteiger charge is 2.31. The third kappa shape index (κ3) is 4.35. The van der Waals surface area contributed by atoms with Gasteiger partial charge in [-0.25, -0.2) is 4.79 Å². The third-order valence-electron chi connectivity index (χ3n) is 3.41. The van der Waals surface area contributed by atoms with Gasteiger partial charge in [-0.05, 0) is 31.3 Å². The van der Waals surface area contributed by atoms with E-state index >= 15 is 0 Å². The summed E-state index contributed by atoms with van der Waals surface area (Å²) in [5.74, 6) is -0.341. The maximum atomic E-state index is 10.8. The Morgan fingerprint density at radius 3 is 2.65 bits per heavy atom. The molecule has 0 aromatic heterocycles.